The van der Waals surface area contributed by atoms with Crippen molar-refractivity contribution in [3.05, 3.63) is 59.2 Å². The number of hydrogen-bond acceptors (Lipinski definition) is 4. The summed E-state index contributed by atoms with van der Waals surface area (Å²) in [6.07, 6.45) is 1.10. The molecule has 0 aliphatic carbocycles. The van der Waals surface area contributed by atoms with E-state index in [4.69, 9.17) is 4.74 Å². The van der Waals surface area contributed by atoms with Crippen LogP contribution in [0.4, 0.5) is 5.69 Å². The average Bonchev–Trinajstić information content (AvgIpc) is 2.61. The molecule has 146 valence electrons. The lowest BCUT2D eigenvalue weighted by Crippen LogP contribution is -2.47. The number of methoxy groups -OCH3 is 1. The van der Waals surface area contributed by atoms with E-state index in [1.165, 1.54) is 0 Å². The lowest BCUT2D eigenvalue weighted by Gasteiger charge is -2.28. The van der Waals surface area contributed by atoms with E-state index in [0.717, 1.165) is 27.3 Å². The lowest BCUT2D eigenvalue weighted by molar-refractivity contribution is -0.122. The van der Waals surface area contributed by atoms with E-state index in [0.29, 0.717) is 11.4 Å². The van der Waals surface area contributed by atoms with Gasteiger partial charge in [-0.2, -0.15) is 0 Å². The zero-order chi connectivity index (χ0) is 20.2. The predicted molar refractivity (Wildman–Crippen MR) is 108 cm³/mol. The first-order chi connectivity index (χ1) is 12.6. The second-order valence-electron chi connectivity index (χ2n) is 6.53. The van der Waals surface area contributed by atoms with Gasteiger partial charge < -0.3 is 10.1 Å². The Morgan fingerprint density at radius 3 is 2.41 bits per heavy atom. The van der Waals surface area contributed by atoms with Crippen LogP contribution < -0.4 is 14.4 Å². The number of nitrogens with one attached hydrogen (secondary N) is 1. The van der Waals surface area contributed by atoms with Crippen LogP contribution in [0.25, 0.3) is 0 Å². The second-order valence-corrected chi connectivity index (χ2v) is 8.39. The molecule has 1 N–H and O–H groups in total. The van der Waals surface area contributed by atoms with Gasteiger partial charge in [-0.1, -0.05) is 24.3 Å². The highest BCUT2D eigenvalue weighted by molar-refractivity contribution is 7.92. The first-order valence-electron chi connectivity index (χ1n) is 8.61. The van der Waals surface area contributed by atoms with Crippen LogP contribution in [0.2, 0.25) is 0 Å². The summed E-state index contributed by atoms with van der Waals surface area (Å²) >= 11 is 0. The maximum absolute atomic E-state index is 12.7. The standard InChI is InChI=1S/C20H26N2O4S/c1-14-10-11-18(12-15(14)2)22(27(5,24)25)16(3)20(23)21-13-17-8-6-7-9-19(17)26-4/h6-12,16H,13H2,1-5H3,(H,21,23)/t16-/m0/s1. The minimum atomic E-state index is -3.64. The maximum atomic E-state index is 12.7. The topological polar surface area (TPSA) is 75.7 Å². The van der Waals surface area contributed by atoms with Crippen molar-refractivity contribution < 1.29 is 17.9 Å². The molecule has 0 saturated carbocycles. The molecule has 0 fully saturated rings. The molecule has 0 bridgehead atoms. The number of carbonyl (C=O) groups excluding carboxylic acids is 1. The summed E-state index contributed by atoms with van der Waals surface area (Å²) < 4.78 is 31.2. The van der Waals surface area contributed by atoms with Crippen molar-refractivity contribution in [2.45, 2.75) is 33.4 Å². The summed E-state index contributed by atoms with van der Waals surface area (Å²) in [6, 6.07) is 11.8. The number of amides is 1. The second kappa shape index (κ2) is 8.43. The Morgan fingerprint density at radius 2 is 1.81 bits per heavy atom. The highest BCUT2D eigenvalue weighted by Gasteiger charge is 2.29. The molecule has 2 aromatic carbocycles. The van der Waals surface area contributed by atoms with Gasteiger partial charge in [0, 0.05) is 12.1 Å². The molecule has 0 radical (unpaired) electrons. The number of rotatable bonds is 7. The minimum Gasteiger partial charge on any atom is -0.496 e. The van der Waals surface area contributed by atoms with Crippen LogP contribution in [0.1, 0.15) is 23.6 Å². The van der Waals surface area contributed by atoms with Gasteiger partial charge in [0.1, 0.15) is 11.8 Å². The van der Waals surface area contributed by atoms with E-state index in [1.54, 1.807) is 26.2 Å². The van der Waals surface area contributed by atoms with Crippen molar-refractivity contribution in [3.63, 3.8) is 0 Å². The fourth-order valence-electron chi connectivity index (χ4n) is 2.85. The van der Waals surface area contributed by atoms with Gasteiger partial charge >= 0.3 is 0 Å². The quantitative estimate of drug-likeness (QED) is 0.789. The number of sulfonamides is 1. The third kappa shape index (κ3) is 5.01. The van der Waals surface area contributed by atoms with Crippen LogP contribution in [0.3, 0.4) is 0 Å². The fourth-order valence-corrected chi connectivity index (χ4v) is 4.02. The molecule has 1 atom stereocenters. The Morgan fingerprint density at radius 1 is 1.15 bits per heavy atom. The molecule has 2 aromatic rings. The summed E-state index contributed by atoms with van der Waals surface area (Å²) in [5.74, 6) is 0.282. The number of anilines is 1. The molecule has 0 aromatic heterocycles. The van der Waals surface area contributed by atoms with E-state index >= 15 is 0 Å². The van der Waals surface area contributed by atoms with Gasteiger partial charge in [0.2, 0.25) is 15.9 Å². The Hall–Kier alpha value is -2.54. The van der Waals surface area contributed by atoms with E-state index in [9.17, 15) is 13.2 Å². The van der Waals surface area contributed by atoms with Crippen LogP contribution in [0.15, 0.2) is 42.5 Å². The van der Waals surface area contributed by atoms with E-state index in [1.807, 2.05) is 44.2 Å². The molecule has 7 heteroatoms. The third-order valence-electron chi connectivity index (χ3n) is 4.48. The summed E-state index contributed by atoms with van der Waals surface area (Å²) in [7, 11) is -2.08. The molecule has 2 rings (SSSR count). The third-order valence-corrected chi connectivity index (χ3v) is 5.72. The van der Waals surface area contributed by atoms with Crippen molar-refractivity contribution in [2.24, 2.45) is 0 Å². The van der Waals surface area contributed by atoms with Gasteiger partial charge in [-0.15, -0.1) is 0 Å². The van der Waals surface area contributed by atoms with Gasteiger partial charge in [0.25, 0.3) is 0 Å². The van der Waals surface area contributed by atoms with E-state index < -0.39 is 16.1 Å². The summed E-state index contributed by atoms with van der Waals surface area (Å²) in [5, 5.41) is 2.80. The van der Waals surface area contributed by atoms with Crippen molar-refractivity contribution >= 4 is 21.6 Å². The Labute approximate surface area is 161 Å². The highest BCUT2D eigenvalue weighted by Crippen LogP contribution is 2.24. The zero-order valence-corrected chi connectivity index (χ0v) is 17.1. The normalized spacial score (nSPS) is 12.3. The van der Waals surface area contributed by atoms with Gasteiger partial charge in [-0.3, -0.25) is 9.10 Å². The van der Waals surface area contributed by atoms with Gasteiger partial charge in [0.15, 0.2) is 0 Å². The van der Waals surface area contributed by atoms with Crippen molar-refractivity contribution in [2.75, 3.05) is 17.7 Å². The van der Waals surface area contributed by atoms with Crippen LogP contribution in [-0.2, 0) is 21.4 Å². The minimum absolute atomic E-state index is 0.248. The number of aryl methyl sites for hydroxylation is 2. The summed E-state index contributed by atoms with van der Waals surface area (Å²) in [4.78, 5) is 12.7. The first-order valence-corrected chi connectivity index (χ1v) is 10.5. The molecule has 1 amide bonds. The molecule has 0 heterocycles. The van der Waals surface area contributed by atoms with Crippen LogP contribution in [0.5, 0.6) is 5.75 Å². The van der Waals surface area contributed by atoms with Crippen molar-refractivity contribution in [3.8, 4) is 5.75 Å². The summed E-state index contributed by atoms with van der Waals surface area (Å²) in [6.45, 7) is 5.69. The molecule has 0 unspecified atom stereocenters. The molecule has 0 aliphatic rings. The number of nitrogens with zero attached hydrogens (tertiary/aromatic N) is 1. The molecule has 0 saturated heterocycles. The van der Waals surface area contributed by atoms with Crippen LogP contribution in [-0.4, -0.2) is 33.7 Å². The van der Waals surface area contributed by atoms with Gasteiger partial charge in [-0.25, -0.2) is 8.42 Å². The molecule has 0 aliphatic heterocycles. The number of ether oxygens (including phenoxy) is 1. The highest BCUT2D eigenvalue weighted by atomic mass is 32.2. The van der Waals surface area contributed by atoms with Crippen molar-refractivity contribution in [1.29, 1.82) is 0 Å². The zero-order valence-electron chi connectivity index (χ0n) is 16.3. The average molecular weight is 391 g/mol. The predicted octanol–water partition coefficient (Wildman–Crippen LogP) is 2.78. The van der Waals surface area contributed by atoms with Gasteiger partial charge in [-0.05, 0) is 50.1 Å². The first kappa shape index (κ1) is 20.8. The van der Waals surface area contributed by atoms with Crippen LogP contribution in [0, 0.1) is 13.8 Å². The monoisotopic (exact) mass is 390 g/mol. The maximum Gasteiger partial charge on any atom is 0.243 e. The lowest BCUT2D eigenvalue weighted by atomic mass is 10.1. The smallest absolute Gasteiger partial charge is 0.243 e. The molecule has 0 spiro atoms. The Balaban J connectivity index is 2.23. The summed E-state index contributed by atoms with van der Waals surface area (Å²) in [5.41, 5.74) is 3.31. The number of benzene rings is 2. The van der Waals surface area contributed by atoms with Gasteiger partial charge in [0.05, 0.1) is 19.1 Å². The van der Waals surface area contributed by atoms with Crippen LogP contribution >= 0.6 is 0 Å². The van der Waals surface area contributed by atoms with E-state index in [-0.39, 0.29) is 12.5 Å². The number of carbonyl (C=O) groups is 1. The Kier molecular flexibility index (Phi) is 6.49. The molecule has 27 heavy (non-hydrogen) atoms. The van der Waals surface area contributed by atoms with E-state index in [2.05, 4.69) is 5.32 Å². The largest absolute Gasteiger partial charge is 0.496 e. The fraction of sp³-hybridized carbons (Fsp3) is 0.350. The van der Waals surface area contributed by atoms with Crippen molar-refractivity contribution in [1.82, 2.24) is 5.32 Å². The molecular formula is C20H26N2O4S. The molecule has 6 nitrogen and oxygen atoms in total. The Bertz CT molecular complexity index is 925. The SMILES string of the molecule is COc1ccccc1CNC(=O)[C@H](C)N(c1ccc(C)c(C)c1)S(C)(=O)=O. The molecular weight excluding hydrogens is 364 g/mol. The number of para-hydroxylation sites is 1. The number of hydrogen-bond donors (Lipinski definition) is 1.